The molecule has 0 heterocycles. The average molecular weight is 466 g/mol. The van der Waals surface area contributed by atoms with Crippen molar-refractivity contribution >= 4 is 50.5 Å². The van der Waals surface area contributed by atoms with Gasteiger partial charge in [0.2, 0.25) is 0 Å². The van der Waals surface area contributed by atoms with Crippen LogP contribution < -0.4 is 15.4 Å². The van der Waals surface area contributed by atoms with Gasteiger partial charge in [0.15, 0.2) is 5.11 Å². The molecule has 0 radical (unpaired) electrons. The summed E-state index contributed by atoms with van der Waals surface area (Å²) in [6.45, 7) is 6.40. The fraction of sp³-hybridized carbons (Fsp3) is 0.263. The highest BCUT2D eigenvalue weighted by Crippen LogP contribution is 2.27. The van der Waals surface area contributed by atoms with Gasteiger partial charge in [-0.25, -0.2) is 0 Å². The van der Waals surface area contributed by atoms with Gasteiger partial charge in [-0.3, -0.25) is 20.2 Å². The smallest absolute Gasteiger partial charge is 0.292 e. The van der Waals surface area contributed by atoms with Gasteiger partial charge in [0.05, 0.1) is 16.0 Å². The number of nitro groups is 1. The first-order valence-corrected chi connectivity index (χ1v) is 9.67. The number of thiocarbonyl (C=S) groups is 1. The Morgan fingerprint density at radius 1 is 1.29 bits per heavy atom. The molecule has 28 heavy (non-hydrogen) atoms. The highest BCUT2D eigenvalue weighted by Gasteiger charge is 2.16. The highest BCUT2D eigenvalue weighted by molar-refractivity contribution is 9.10. The summed E-state index contributed by atoms with van der Waals surface area (Å²) in [6, 6.07) is 9.63. The second-order valence-corrected chi connectivity index (χ2v) is 7.80. The number of benzene rings is 2. The van der Waals surface area contributed by atoms with Gasteiger partial charge in [-0.2, -0.15) is 0 Å². The minimum absolute atomic E-state index is 0.0341. The molecule has 148 valence electrons. The van der Waals surface area contributed by atoms with Crippen molar-refractivity contribution in [1.29, 1.82) is 0 Å². The van der Waals surface area contributed by atoms with Crippen LogP contribution in [0.1, 0.15) is 29.8 Å². The molecular weight excluding hydrogens is 446 g/mol. The van der Waals surface area contributed by atoms with Crippen LogP contribution in [0.5, 0.6) is 5.75 Å². The quantitative estimate of drug-likeness (QED) is 0.360. The molecule has 0 fully saturated rings. The van der Waals surface area contributed by atoms with Crippen LogP contribution >= 0.6 is 28.1 Å². The summed E-state index contributed by atoms with van der Waals surface area (Å²) in [5.41, 5.74) is 1.20. The van der Waals surface area contributed by atoms with Crippen LogP contribution in [0.4, 0.5) is 11.4 Å². The molecule has 2 rings (SSSR count). The average Bonchev–Trinajstić information content (AvgIpc) is 2.61. The van der Waals surface area contributed by atoms with Crippen molar-refractivity contribution in [1.82, 2.24) is 5.32 Å². The van der Waals surface area contributed by atoms with Gasteiger partial charge in [0, 0.05) is 11.6 Å². The number of ether oxygens (including phenoxy) is 1. The van der Waals surface area contributed by atoms with Gasteiger partial charge < -0.3 is 10.1 Å². The molecule has 9 heteroatoms. The SMILES string of the molecule is Cc1ccc(NC(=S)NC(=O)c2ccc(OCC(C)C)c(Br)c2)c([N+](=O)[O-])c1. The molecule has 0 aromatic heterocycles. The molecule has 0 unspecified atom stereocenters. The summed E-state index contributed by atoms with van der Waals surface area (Å²) in [5, 5.41) is 16.4. The van der Waals surface area contributed by atoms with E-state index in [0.29, 0.717) is 28.3 Å². The Labute approximate surface area is 176 Å². The van der Waals surface area contributed by atoms with E-state index in [2.05, 4.69) is 26.6 Å². The first-order chi connectivity index (χ1) is 13.2. The second kappa shape index (κ2) is 9.61. The molecule has 0 aliphatic heterocycles. The van der Waals surface area contributed by atoms with Crippen LogP contribution in [0.15, 0.2) is 40.9 Å². The molecule has 2 aromatic rings. The van der Waals surface area contributed by atoms with Crippen LogP contribution in [0, 0.1) is 23.0 Å². The van der Waals surface area contributed by atoms with Crippen molar-refractivity contribution in [2.75, 3.05) is 11.9 Å². The number of nitro benzene ring substituents is 1. The molecule has 1 amide bonds. The molecule has 0 atom stereocenters. The molecule has 0 aliphatic carbocycles. The first kappa shape index (κ1) is 21.8. The lowest BCUT2D eigenvalue weighted by atomic mass is 10.2. The van der Waals surface area contributed by atoms with E-state index in [-0.39, 0.29) is 16.5 Å². The second-order valence-electron chi connectivity index (χ2n) is 6.54. The first-order valence-electron chi connectivity index (χ1n) is 8.47. The van der Waals surface area contributed by atoms with E-state index in [4.69, 9.17) is 17.0 Å². The lowest BCUT2D eigenvalue weighted by molar-refractivity contribution is -0.383. The van der Waals surface area contributed by atoms with E-state index in [1.807, 2.05) is 13.8 Å². The van der Waals surface area contributed by atoms with Gasteiger partial charge >= 0.3 is 0 Å². The van der Waals surface area contributed by atoms with Crippen LogP contribution in [0.25, 0.3) is 0 Å². The summed E-state index contributed by atoms with van der Waals surface area (Å²) in [5.74, 6) is 0.578. The Morgan fingerprint density at radius 2 is 2.00 bits per heavy atom. The summed E-state index contributed by atoms with van der Waals surface area (Å²) >= 11 is 8.51. The molecular formula is C19H20BrN3O4S. The number of rotatable bonds is 6. The fourth-order valence-electron chi connectivity index (χ4n) is 2.24. The Balaban J connectivity index is 2.06. The fourth-order valence-corrected chi connectivity index (χ4v) is 2.94. The highest BCUT2D eigenvalue weighted by atomic mass is 79.9. The number of aryl methyl sites for hydroxylation is 1. The van der Waals surface area contributed by atoms with Gasteiger partial charge in [0.1, 0.15) is 11.4 Å². The normalized spacial score (nSPS) is 10.5. The zero-order chi connectivity index (χ0) is 20.8. The van der Waals surface area contributed by atoms with Gasteiger partial charge in [-0.05, 0) is 70.8 Å². The van der Waals surface area contributed by atoms with Gasteiger partial charge in [-0.1, -0.05) is 19.9 Å². The van der Waals surface area contributed by atoms with Crippen molar-refractivity contribution in [3.63, 3.8) is 0 Å². The number of anilines is 1. The maximum Gasteiger partial charge on any atom is 0.292 e. The number of carbonyl (C=O) groups excluding carboxylic acids is 1. The van der Waals surface area contributed by atoms with E-state index >= 15 is 0 Å². The van der Waals surface area contributed by atoms with E-state index in [0.717, 1.165) is 5.56 Å². The largest absolute Gasteiger partial charge is 0.492 e. The Bertz CT molecular complexity index is 918. The molecule has 0 aliphatic rings. The van der Waals surface area contributed by atoms with Crippen molar-refractivity contribution in [2.45, 2.75) is 20.8 Å². The minimum Gasteiger partial charge on any atom is -0.492 e. The Kier molecular flexibility index (Phi) is 7.47. The number of amides is 1. The monoisotopic (exact) mass is 465 g/mol. The van der Waals surface area contributed by atoms with Gasteiger partial charge in [0.25, 0.3) is 11.6 Å². The lowest BCUT2D eigenvalue weighted by Crippen LogP contribution is -2.34. The standard InChI is InChI=1S/C19H20BrN3O4S/c1-11(2)10-27-17-7-5-13(9-14(17)20)18(24)22-19(28)21-15-6-4-12(3)8-16(15)23(25)26/h4-9,11H,10H2,1-3H3,(H2,21,22,24,28). The predicted molar refractivity (Wildman–Crippen MR) is 116 cm³/mol. The van der Waals surface area contributed by atoms with Crippen molar-refractivity contribution in [2.24, 2.45) is 5.92 Å². The minimum atomic E-state index is -0.507. The maximum absolute atomic E-state index is 12.4. The van der Waals surface area contributed by atoms with Gasteiger partial charge in [-0.15, -0.1) is 0 Å². The molecule has 0 bridgehead atoms. The topological polar surface area (TPSA) is 93.5 Å². The third kappa shape index (κ3) is 6.00. The third-order valence-electron chi connectivity index (χ3n) is 3.59. The predicted octanol–water partition coefficient (Wildman–Crippen LogP) is 4.83. The van der Waals surface area contributed by atoms with Crippen LogP contribution in [0.3, 0.4) is 0 Å². The van der Waals surface area contributed by atoms with E-state index in [9.17, 15) is 14.9 Å². The summed E-state index contributed by atoms with van der Waals surface area (Å²) in [7, 11) is 0. The van der Waals surface area contributed by atoms with Crippen molar-refractivity contribution in [3.8, 4) is 5.75 Å². The van der Waals surface area contributed by atoms with E-state index in [1.165, 1.54) is 6.07 Å². The Morgan fingerprint density at radius 3 is 2.61 bits per heavy atom. The molecule has 0 saturated carbocycles. The van der Waals surface area contributed by atoms with E-state index < -0.39 is 10.8 Å². The van der Waals surface area contributed by atoms with Crippen LogP contribution in [-0.2, 0) is 0 Å². The number of halogens is 1. The lowest BCUT2D eigenvalue weighted by Gasteiger charge is -2.13. The summed E-state index contributed by atoms with van der Waals surface area (Å²) < 4.78 is 6.30. The molecule has 7 nitrogen and oxygen atoms in total. The van der Waals surface area contributed by atoms with Crippen molar-refractivity contribution in [3.05, 3.63) is 62.1 Å². The number of hydrogen-bond acceptors (Lipinski definition) is 5. The number of carbonyl (C=O) groups is 1. The maximum atomic E-state index is 12.4. The zero-order valence-corrected chi connectivity index (χ0v) is 18.0. The zero-order valence-electron chi connectivity index (χ0n) is 15.6. The molecule has 0 spiro atoms. The number of nitrogens with one attached hydrogen (secondary N) is 2. The Hall–Kier alpha value is -2.52. The summed E-state index contributed by atoms with van der Waals surface area (Å²) in [6.07, 6.45) is 0. The van der Waals surface area contributed by atoms with Crippen molar-refractivity contribution < 1.29 is 14.5 Å². The van der Waals surface area contributed by atoms with Crippen LogP contribution in [0.2, 0.25) is 0 Å². The number of hydrogen-bond donors (Lipinski definition) is 2. The summed E-state index contributed by atoms with van der Waals surface area (Å²) in [4.78, 5) is 23.1. The van der Waals surface area contributed by atoms with Crippen LogP contribution in [-0.4, -0.2) is 22.5 Å². The molecule has 2 aromatic carbocycles. The third-order valence-corrected chi connectivity index (χ3v) is 4.42. The number of nitrogens with zero attached hydrogens (tertiary/aromatic N) is 1. The van der Waals surface area contributed by atoms with E-state index in [1.54, 1.807) is 37.3 Å². The molecule has 2 N–H and O–H groups in total. The molecule has 0 saturated heterocycles.